The first kappa shape index (κ1) is 8.45. The van der Waals surface area contributed by atoms with Crippen LogP contribution in [0.5, 0.6) is 0 Å². The minimum atomic E-state index is -0.116. The first-order valence-corrected chi connectivity index (χ1v) is 5.21. The zero-order chi connectivity index (χ0) is 9.43. The molecule has 2 nitrogen and oxygen atoms in total. The van der Waals surface area contributed by atoms with Crippen molar-refractivity contribution in [2.24, 2.45) is 0 Å². The van der Waals surface area contributed by atoms with Crippen molar-refractivity contribution >= 4 is 0 Å². The Bertz CT molecular complexity index is 334. The SMILES string of the molecule is c1ccc2c(c1)COC21CCCOC1. The molecular weight excluding hydrogens is 176 g/mol. The number of benzene rings is 1. The van der Waals surface area contributed by atoms with E-state index in [0.717, 1.165) is 32.7 Å². The summed E-state index contributed by atoms with van der Waals surface area (Å²) in [5, 5.41) is 0. The van der Waals surface area contributed by atoms with E-state index in [4.69, 9.17) is 9.47 Å². The van der Waals surface area contributed by atoms with E-state index in [-0.39, 0.29) is 5.60 Å². The molecule has 0 aromatic heterocycles. The van der Waals surface area contributed by atoms with Crippen LogP contribution in [0.2, 0.25) is 0 Å². The molecule has 2 aliphatic heterocycles. The third kappa shape index (κ3) is 1.11. The molecule has 1 fully saturated rings. The molecule has 1 aromatic carbocycles. The van der Waals surface area contributed by atoms with Gasteiger partial charge in [0.1, 0.15) is 5.60 Å². The zero-order valence-electron chi connectivity index (χ0n) is 8.16. The fourth-order valence-electron chi connectivity index (χ4n) is 2.48. The highest BCUT2D eigenvalue weighted by Gasteiger charge is 2.41. The molecular formula is C12H14O2. The second-order valence-electron chi connectivity index (χ2n) is 4.10. The van der Waals surface area contributed by atoms with Crippen LogP contribution >= 0.6 is 0 Å². The van der Waals surface area contributed by atoms with E-state index >= 15 is 0 Å². The predicted octanol–water partition coefficient (Wildman–Crippen LogP) is 2.22. The summed E-state index contributed by atoms with van der Waals surface area (Å²) < 4.78 is 11.5. The Morgan fingerprint density at radius 3 is 3.00 bits per heavy atom. The third-order valence-electron chi connectivity index (χ3n) is 3.22. The first-order chi connectivity index (χ1) is 6.91. The lowest BCUT2D eigenvalue weighted by atomic mass is 9.88. The van der Waals surface area contributed by atoms with Gasteiger partial charge in [0.2, 0.25) is 0 Å². The molecule has 2 heteroatoms. The maximum Gasteiger partial charge on any atom is 0.117 e. The molecule has 1 spiro atoms. The van der Waals surface area contributed by atoms with Gasteiger partial charge in [-0.15, -0.1) is 0 Å². The Balaban J connectivity index is 2.03. The van der Waals surface area contributed by atoms with Gasteiger partial charge in [0.25, 0.3) is 0 Å². The molecule has 1 aromatic rings. The highest BCUT2D eigenvalue weighted by Crippen LogP contribution is 2.41. The topological polar surface area (TPSA) is 18.5 Å². The van der Waals surface area contributed by atoms with Crippen LogP contribution in [-0.2, 0) is 21.7 Å². The average molecular weight is 190 g/mol. The van der Waals surface area contributed by atoms with Crippen LogP contribution in [0.3, 0.4) is 0 Å². The van der Waals surface area contributed by atoms with E-state index in [2.05, 4.69) is 24.3 Å². The molecule has 74 valence electrons. The highest BCUT2D eigenvalue weighted by molar-refractivity contribution is 5.35. The van der Waals surface area contributed by atoms with Crippen molar-refractivity contribution in [3.63, 3.8) is 0 Å². The van der Waals surface area contributed by atoms with E-state index < -0.39 is 0 Å². The van der Waals surface area contributed by atoms with E-state index in [0.29, 0.717) is 0 Å². The summed E-state index contributed by atoms with van der Waals surface area (Å²) >= 11 is 0. The van der Waals surface area contributed by atoms with Crippen molar-refractivity contribution in [2.75, 3.05) is 13.2 Å². The number of fused-ring (bicyclic) bond motifs is 2. The largest absolute Gasteiger partial charge is 0.378 e. The van der Waals surface area contributed by atoms with Crippen molar-refractivity contribution in [2.45, 2.75) is 25.0 Å². The van der Waals surface area contributed by atoms with Gasteiger partial charge in [0.15, 0.2) is 0 Å². The van der Waals surface area contributed by atoms with Crippen LogP contribution < -0.4 is 0 Å². The van der Waals surface area contributed by atoms with Crippen molar-refractivity contribution < 1.29 is 9.47 Å². The number of hydrogen-bond donors (Lipinski definition) is 0. The molecule has 14 heavy (non-hydrogen) atoms. The van der Waals surface area contributed by atoms with Gasteiger partial charge in [0, 0.05) is 6.61 Å². The average Bonchev–Trinajstić information content (AvgIpc) is 2.60. The molecule has 1 atom stereocenters. The van der Waals surface area contributed by atoms with Gasteiger partial charge < -0.3 is 9.47 Å². The normalized spacial score (nSPS) is 30.6. The first-order valence-electron chi connectivity index (χ1n) is 5.21. The standard InChI is InChI=1S/C12H14O2/c1-2-5-11-10(4-1)8-14-12(11)6-3-7-13-9-12/h1-2,4-5H,3,6-9H2. The van der Waals surface area contributed by atoms with Gasteiger partial charge in [-0.1, -0.05) is 24.3 Å². The molecule has 2 heterocycles. The Labute approximate surface area is 83.8 Å². The van der Waals surface area contributed by atoms with Gasteiger partial charge >= 0.3 is 0 Å². The predicted molar refractivity (Wildman–Crippen MR) is 53.0 cm³/mol. The molecule has 0 aliphatic carbocycles. The van der Waals surface area contributed by atoms with Gasteiger partial charge in [0.05, 0.1) is 13.2 Å². The minimum absolute atomic E-state index is 0.116. The van der Waals surface area contributed by atoms with Crippen LogP contribution in [0.1, 0.15) is 24.0 Å². The molecule has 0 saturated carbocycles. The Morgan fingerprint density at radius 1 is 1.21 bits per heavy atom. The summed E-state index contributed by atoms with van der Waals surface area (Å²) in [6.45, 7) is 2.36. The van der Waals surface area contributed by atoms with Crippen LogP contribution in [0, 0.1) is 0 Å². The molecule has 0 N–H and O–H groups in total. The van der Waals surface area contributed by atoms with Crippen LogP contribution in [0.15, 0.2) is 24.3 Å². The Kier molecular flexibility index (Phi) is 1.85. The van der Waals surface area contributed by atoms with Crippen LogP contribution in [0.25, 0.3) is 0 Å². The summed E-state index contributed by atoms with van der Waals surface area (Å²) in [6, 6.07) is 8.49. The number of hydrogen-bond acceptors (Lipinski definition) is 2. The Hall–Kier alpha value is -0.860. The lowest BCUT2D eigenvalue weighted by Gasteiger charge is -2.33. The van der Waals surface area contributed by atoms with Gasteiger partial charge in [-0.25, -0.2) is 0 Å². The smallest absolute Gasteiger partial charge is 0.117 e. The van der Waals surface area contributed by atoms with E-state index in [1.807, 2.05) is 0 Å². The van der Waals surface area contributed by atoms with Crippen molar-refractivity contribution in [1.82, 2.24) is 0 Å². The number of rotatable bonds is 0. The molecule has 0 radical (unpaired) electrons. The highest BCUT2D eigenvalue weighted by atomic mass is 16.5. The summed E-state index contributed by atoms with van der Waals surface area (Å²) in [5.41, 5.74) is 2.56. The molecule has 3 rings (SSSR count). The van der Waals surface area contributed by atoms with E-state index in [1.54, 1.807) is 0 Å². The molecule has 0 bridgehead atoms. The van der Waals surface area contributed by atoms with Crippen LogP contribution in [-0.4, -0.2) is 13.2 Å². The van der Waals surface area contributed by atoms with Gasteiger partial charge in [-0.05, 0) is 24.0 Å². The fraction of sp³-hybridized carbons (Fsp3) is 0.500. The lowest BCUT2D eigenvalue weighted by molar-refractivity contribution is -0.126. The zero-order valence-corrected chi connectivity index (χ0v) is 8.16. The summed E-state index contributed by atoms with van der Waals surface area (Å²) in [7, 11) is 0. The molecule has 1 saturated heterocycles. The van der Waals surface area contributed by atoms with E-state index in [1.165, 1.54) is 11.1 Å². The second kappa shape index (κ2) is 3.07. The molecule has 0 amide bonds. The molecule has 1 unspecified atom stereocenters. The molecule has 2 aliphatic rings. The van der Waals surface area contributed by atoms with Crippen molar-refractivity contribution in [3.05, 3.63) is 35.4 Å². The second-order valence-corrected chi connectivity index (χ2v) is 4.10. The van der Waals surface area contributed by atoms with Gasteiger partial charge in [-0.3, -0.25) is 0 Å². The monoisotopic (exact) mass is 190 g/mol. The van der Waals surface area contributed by atoms with Crippen LogP contribution in [0.4, 0.5) is 0 Å². The van der Waals surface area contributed by atoms with Crippen molar-refractivity contribution in [3.8, 4) is 0 Å². The summed E-state index contributed by atoms with van der Waals surface area (Å²) in [4.78, 5) is 0. The lowest BCUT2D eigenvalue weighted by Crippen LogP contribution is -2.35. The maximum atomic E-state index is 5.93. The third-order valence-corrected chi connectivity index (χ3v) is 3.22. The Morgan fingerprint density at radius 2 is 2.14 bits per heavy atom. The minimum Gasteiger partial charge on any atom is -0.378 e. The summed E-state index contributed by atoms with van der Waals surface area (Å²) in [6.07, 6.45) is 2.21. The maximum absolute atomic E-state index is 5.93. The number of ether oxygens (including phenoxy) is 2. The van der Waals surface area contributed by atoms with E-state index in [9.17, 15) is 0 Å². The quantitative estimate of drug-likeness (QED) is 0.624. The van der Waals surface area contributed by atoms with Gasteiger partial charge in [-0.2, -0.15) is 0 Å². The van der Waals surface area contributed by atoms with Crippen molar-refractivity contribution in [1.29, 1.82) is 0 Å². The fourth-order valence-corrected chi connectivity index (χ4v) is 2.48. The summed E-state index contributed by atoms with van der Waals surface area (Å²) in [5.74, 6) is 0.